The number of rotatable bonds is 5. The largest absolute Gasteiger partial charge is 0.342 e. The zero-order valence-corrected chi connectivity index (χ0v) is 21.5. The number of carbonyl (C=O) groups is 1. The molecule has 5 rings (SSSR count). The van der Waals surface area contributed by atoms with Crippen LogP contribution in [-0.4, -0.2) is 48.3 Å². The number of fused-ring (bicyclic) bond motifs is 3. The van der Waals surface area contributed by atoms with Gasteiger partial charge in [-0.3, -0.25) is 14.0 Å². The second-order valence-corrected chi connectivity index (χ2v) is 11.1. The molecule has 1 fully saturated rings. The van der Waals surface area contributed by atoms with Gasteiger partial charge < -0.3 is 4.90 Å². The van der Waals surface area contributed by atoms with Crippen LogP contribution < -0.4 is 5.56 Å². The van der Waals surface area contributed by atoms with Gasteiger partial charge in [0.25, 0.3) is 5.56 Å². The highest BCUT2D eigenvalue weighted by atomic mass is 32.2. The van der Waals surface area contributed by atoms with Gasteiger partial charge in [-0.05, 0) is 55.4 Å². The molecule has 1 aliphatic rings. The zero-order chi connectivity index (χ0) is 24.7. The van der Waals surface area contributed by atoms with Gasteiger partial charge in [0, 0.05) is 13.1 Å². The summed E-state index contributed by atoms with van der Waals surface area (Å²) in [5.41, 5.74) is 2.48. The van der Waals surface area contributed by atoms with E-state index in [1.807, 2.05) is 64.8 Å². The van der Waals surface area contributed by atoms with Crippen molar-refractivity contribution in [2.75, 3.05) is 13.1 Å². The molecule has 7 nitrogen and oxygen atoms in total. The van der Waals surface area contributed by atoms with Crippen LogP contribution in [-0.2, 0) is 4.79 Å². The van der Waals surface area contributed by atoms with E-state index in [0.717, 1.165) is 42.7 Å². The molecule has 0 spiro atoms. The fourth-order valence-corrected chi connectivity index (χ4v) is 5.79. The van der Waals surface area contributed by atoms with Crippen LogP contribution >= 0.6 is 11.8 Å². The van der Waals surface area contributed by atoms with Crippen LogP contribution in [0.5, 0.6) is 0 Å². The van der Waals surface area contributed by atoms with E-state index in [1.165, 1.54) is 11.8 Å². The van der Waals surface area contributed by atoms with Gasteiger partial charge in [0.05, 0.1) is 21.8 Å². The number of hydrogen-bond acceptors (Lipinski definition) is 5. The predicted molar refractivity (Wildman–Crippen MR) is 140 cm³/mol. The summed E-state index contributed by atoms with van der Waals surface area (Å²) >= 11 is 1.40. The first-order valence-corrected chi connectivity index (χ1v) is 13.2. The molecule has 8 heteroatoms. The Morgan fingerprint density at radius 1 is 1.00 bits per heavy atom. The van der Waals surface area contributed by atoms with Gasteiger partial charge in [-0.2, -0.15) is 0 Å². The SMILES string of the molecule is CC1CCN(C(=O)C(C)Sc2nnc3n(-c4ccccc4C(C)C)c(=O)c4ccccc4n23)CC1. The monoisotopic (exact) mass is 489 g/mol. The molecule has 1 atom stereocenters. The van der Waals surface area contributed by atoms with E-state index < -0.39 is 0 Å². The molecule has 0 saturated carbocycles. The number of likely N-dealkylation sites (tertiary alicyclic amines) is 1. The first kappa shape index (κ1) is 23.6. The number of aromatic nitrogens is 4. The van der Waals surface area contributed by atoms with Crippen molar-refractivity contribution >= 4 is 34.3 Å². The number of nitrogens with zero attached hydrogens (tertiary/aromatic N) is 5. The highest BCUT2D eigenvalue weighted by molar-refractivity contribution is 8.00. The van der Waals surface area contributed by atoms with Crippen molar-refractivity contribution in [2.45, 2.75) is 56.9 Å². The molecule has 4 aromatic rings. The number of piperidine rings is 1. The minimum absolute atomic E-state index is 0.126. The number of thioether (sulfide) groups is 1. The van der Waals surface area contributed by atoms with Crippen LogP contribution in [0.1, 0.15) is 52.0 Å². The molecule has 2 aromatic heterocycles. The summed E-state index contributed by atoms with van der Waals surface area (Å²) in [6.45, 7) is 10.0. The van der Waals surface area contributed by atoms with Gasteiger partial charge in [-0.1, -0.05) is 62.9 Å². The third kappa shape index (κ3) is 4.24. The Balaban J connectivity index is 1.63. The normalized spacial score (nSPS) is 15.9. The summed E-state index contributed by atoms with van der Waals surface area (Å²) in [4.78, 5) is 28.9. The van der Waals surface area contributed by atoms with Gasteiger partial charge in [0.1, 0.15) is 0 Å². The lowest BCUT2D eigenvalue weighted by Gasteiger charge is -2.31. The molecule has 0 bridgehead atoms. The van der Waals surface area contributed by atoms with E-state index in [-0.39, 0.29) is 22.6 Å². The van der Waals surface area contributed by atoms with Gasteiger partial charge in [-0.25, -0.2) is 4.57 Å². The smallest absolute Gasteiger partial charge is 0.267 e. The van der Waals surface area contributed by atoms with E-state index >= 15 is 0 Å². The second-order valence-electron chi connectivity index (χ2n) is 9.76. The van der Waals surface area contributed by atoms with Gasteiger partial charge in [-0.15, -0.1) is 10.2 Å². The fraction of sp³-hybridized carbons (Fsp3) is 0.407. The maximum absolute atomic E-state index is 13.7. The molecule has 35 heavy (non-hydrogen) atoms. The van der Waals surface area contributed by atoms with Crippen LogP contribution in [0.15, 0.2) is 58.5 Å². The van der Waals surface area contributed by atoms with Crippen LogP contribution in [0.4, 0.5) is 0 Å². The van der Waals surface area contributed by atoms with E-state index in [0.29, 0.717) is 22.2 Å². The molecule has 3 heterocycles. The average Bonchev–Trinajstić information content (AvgIpc) is 3.27. The highest BCUT2D eigenvalue weighted by Gasteiger charge is 2.27. The van der Waals surface area contributed by atoms with Crippen molar-refractivity contribution in [3.63, 3.8) is 0 Å². The molecule has 0 N–H and O–H groups in total. The third-order valence-electron chi connectivity index (χ3n) is 6.92. The summed E-state index contributed by atoms with van der Waals surface area (Å²) in [7, 11) is 0. The lowest BCUT2D eigenvalue weighted by Crippen LogP contribution is -2.41. The Bertz CT molecular complexity index is 1450. The lowest BCUT2D eigenvalue weighted by atomic mass is 9.99. The topological polar surface area (TPSA) is 72.5 Å². The maximum atomic E-state index is 13.7. The van der Waals surface area contributed by atoms with Crippen LogP contribution in [0, 0.1) is 5.92 Å². The summed E-state index contributed by atoms with van der Waals surface area (Å²) in [5, 5.41) is 9.83. The van der Waals surface area contributed by atoms with Crippen LogP contribution in [0.25, 0.3) is 22.4 Å². The molecule has 0 aliphatic carbocycles. The van der Waals surface area contributed by atoms with Crippen molar-refractivity contribution in [3.8, 4) is 5.69 Å². The summed E-state index contributed by atoms with van der Waals surface area (Å²) in [6.07, 6.45) is 2.09. The van der Waals surface area contributed by atoms with Gasteiger partial charge >= 0.3 is 0 Å². The van der Waals surface area contributed by atoms with E-state index in [4.69, 9.17) is 0 Å². The molecular weight excluding hydrogens is 458 g/mol. The predicted octanol–water partition coefficient (Wildman–Crippen LogP) is 4.90. The molecule has 0 radical (unpaired) electrons. The quantitative estimate of drug-likeness (QED) is 0.373. The van der Waals surface area contributed by atoms with Crippen molar-refractivity contribution in [1.29, 1.82) is 0 Å². The highest BCUT2D eigenvalue weighted by Crippen LogP contribution is 2.29. The van der Waals surface area contributed by atoms with Gasteiger partial charge in [0.2, 0.25) is 11.7 Å². The van der Waals surface area contributed by atoms with E-state index in [9.17, 15) is 9.59 Å². The molecule has 1 amide bonds. The first-order chi connectivity index (χ1) is 16.9. The Kier molecular flexibility index (Phi) is 6.40. The summed E-state index contributed by atoms with van der Waals surface area (Å²) < 4.78 is 3.58. The molecule has 1 unspecified atom stereocenters. The molecule has 2 aromatic carbocycles. The molecular formula is C27H31N5O2S. The van der Waals surface area contributed by atoms with Crippen LogP contribution in [0.2, 0.25) is 0 Å². The zero-order valence-electron chi connectivity index (χ0n) is 20.6. The number of carbonyl (C=O) groups excluding carboxylic acids is 1. The van der Waals surface area contributed by atoms with Gasteiger partial charge in [0.15, 0.2) is 5.16 Å². The maximum Gasteiger partial charge on any atom is 0.267 e. The lowest BCUT2D eigenvalue weighted by molar-refractivity contribution is -0.131. The van der Waals surface area contributed by atoms with Crippen molar-refractivity contribution in [2.24, 2.45) is 5.92 Å². The average molecular weight is 490 g/mol. The van der Waals surface area contributed by atoms with Crippen LogP contribution in [0.3, 0.4) is 0 Å². The standard InChI is InChI=1S/C27H31N5O2S/c1-17(2)20-9-5-7-11-22(20)31-25(34)21-10-6-8-12-23(21)32-26(31)28-29-27(32)35-19(4)24(33)30-15-13-18(3)14-16-30/h5-12,17-19H,13-16H2,1-4H3. The van der Waals surface area contributed by atoms with Crippen molar-refractivity contribution in [3.05, 3.63) is 64.4 Å². The number of amides is 1. The minimum Gasteiger partial charge on any atom is -0.342 e. The molecule has 1 saturated heterocycles. The van der Waals surface area contributed by atoms with Crippen molar-refractivity contribution in [1.82, 2.24) is 24.1 Å². The molecule has 182 valence electrons. The Labute approximate surface area is 209 Å². The summed E-state index contributed by atoms with van der Waals surface area (Å²) in [5.74, 6) is 1.47. The second kappa shape index (κ2) is 9.49. The first-order valence-electron chi connectivity index (χ1n) is 12.3. The Morgan fingerprint density at radius 2 is 1.69 bits per heavy atom. The molecule has 1 aliphatic heterocycles. The fourth-order valence-electron chi connectivity index (χ4n) is 4.85. The Hall–Kier alpha value is -3.13. The summed E-state index contributed by atoms with van der Waals surface area (Å²) in [6, 6.07) is 15.5. The van der Waals surface area contributed by atoms with Crippen molar-refractivity contribution < 1.29 is 4.79 Å². The number of para-hydroxylation sites is 2. The Morgan fingerprint density at radius 3 is 2.43 bits per heavy atom. The third-order valence-corrected chi connectivity index (χ3v) is 7.95. The van der Waals surface area contributed by atoms with E-state index in [1.54, 1.807) is 4.57 Å². The number of benzene rings is 2. The number of hydrogen-bond donors (Lipinski definition) is 0. The van der Waals surface area contributed by atoms with E-state index in [2.05, 4.69) is 31.0 Å². The minimum atomic E-state index is -0.308.